The van der Waals surface area contributed by atoms with E-state index in [4.69, 9.17) is 18.1 Å². The average Bonchev–Trinajstić information content (AvgIpc) is 1.95. The minimum Gasteiger partial charge on any atom is -0.423 e. The zero-order valence-electron chi connectivity index (χ0n) is 5.88. The summed E-state index contributed by atoms with van der Waals surface area (Å²) < 4.78 is 14.7. The van der Waals surface area contributed by atoms with Crippen LogP contribution < -0.4 is 0 Å². The third-order valence-electron chi connectivity index (χ3n) is 1.13. The molecule has 0 aromatic carbocycles. The maximum absolute atomic E-state index is 8.69. The summed E-state index contributed by atoms with van der Waals surface area (Å²) in [5, 5.41) is 8.69. The molecular weight excluding hydrogens is 156 g/mol. The van der Waals surface area contributed by atoms with Crippen molar-refractivity contribution in [3.63, 3.8) is 0 Å². The summed E-state index contributed by atoms with van der Waals surface area (Å²) in [5.74, 6) is 0. The van der Waals surface area contributed by atoms with Crippen LogP contribution in [0.5, 0.6) is 0 Å². The van der Waals surface area contributed by atoms with Crippen LogP contribution in [0.25, 0.3) is 0 Å². The molecule has 0 bridgehead atoms. The van der Waals surface area contributed by atoms with Crippen LogP contribution in [-0.4, -0.2) is 44.8 Å². The van der Waals surface area contributed by atoms with Crippen molar-refractivity contribution in [1.29, 1.82) is 0 Å². The second kappa shape index (κ2) is 4.15. The summed E-state index contributed by atoms with van der Waals surface area (Å²) in [5.41, 5.74) is 0. The molecule has 4 nitrogen and oxygen atoms in total. The van der Waals surface area contributed by atoms with Gasteiger partial charge < -0.3 is 18.1 Å². The molecular formula is C3H12O4Si2. The van der Waals surface area contributed by atoms with Gasteiger partial charge in [0.15, 0.2) is 0 Å². The van der Waals surface area contributed by atoms with Gasteiger partial charge in [-0.2, -0.15) is 0 Å². The normalized spacial score (nSPS) is 12.3. The van der Waals surface area contributed by atoms with Gasteiger partial charge in [-0.1, -0.05) is 0 Å². The predicted molar refractivity (Wildman–Crippen MR) is 37.9 cm³/mol. The van der Waals surface area contributed by atoms with Crippen LogP contribution in [-0.2, 0) is 13.0 Å². The van der Waals surface area contributed by atoms with E-state index >= 15 is 0 Å². The molecule has 1 N–H and O–H groups in total. The smallest absolute Gasteiger partial charge is 0.423 e. The third-order valence-corrected chi connectivity index (χ3v) is 5.25. The van der Waals surface area contributed by atoms with Crippen LogP contribution in [0.3, 0.4) is 0 Å². The maximum atomic E-state index is 8.69. The van der Waals surface area contributed by atoms with E-state index in [9.17, 15) is 0 Å². The molecule has 0 aromatic heterocycles. The molecule has 9 heavy (non-hydrogen) atoms. The van der Waals surface area contributed by atoms with Crippen molar-refractivity contribution in [2.24, 2.45) is 0 Å². The number of aliphatic hydroxyl groups is 1. The quantitative estimate of drug-likeness (QED) is 0.496. The molecule has 0 aliphatic heterocycles. The van der Waals surface area contributed by atoms with Gasteiger partial charge in [0.25, 0.3) is 0 Å². The van der Waals surface area contributed by atoms with Gasteiger partial charge in [-0.3, -0.25) is 0 Å². The highest BCUT2D eigenvalue weighted by Crippen LogP contribution is 2.02. The van der Waals surface area contributed by atoms with E-state index in [-0.39, 0.29) is 6.23 Å². The number of rotatable bonds is 4. The van der Waals surface area contributed by atoms with Crippen molar-refractivity contribution in [3.8, 4) is 0 Å². The molecule has 0 fully saturated rings. The van der Waals surface area contributed by atoms with E-state index in [1.807, 2.05) is 0 Å². The minimum atomic E-state index is -2.57. The Morgan fingerprint density at radius 2 is 1.89 bits per heavy atom. The molecule has 6 heteroatoms. The van der Waals surface area contributed by atoms with Gasteiger partial charge in [0.05, 0.1) is 0 Å². The minimum absolute atomic E-state index is 0.149. The topological polar surface area (TPSA) is 47.9 Å². The summed E-state index contributed by atoms with van der Waals surface area (Å²) in [6.45, 7) is 0. The van der Waals surface area contributed by atoms with Crippen LogP contribution in [0, 0.1) is 0 Å². The second-order valence-electron chi connectivity index (χ2n) is 1.45. The number of hydrogen-bond donors (Lipinski definition) is 1. The Balaban J connectivity index is 3.82. The lowest BCUT2D eigenvalue weighted by Crippen LogP contribution is -2.47. The van der Waals surface area contributed by atoms with E-state index in [0.717, 1.165) is 0 Å². The molecule has 0 aliphatic rings. The molecule has 0 unspecified atom stereocenters. The number of hydrogen-bond acceptors (Lipinski definition) is 4. The number of aliphatic hydroxyl groups excluding tert-OH is 1. The van der Waals surface area contributed by atoms with Gasteiger partial charge in [-0.15, -0.1) is 0 Å². The molecule has 0 heterocycles. The SMILES string of the molecule is CO[Si](CO)(OC)O[SiH3]. The second-order valence-corrected chi connectivity index (χ2v) is 5.59. The Labute approximate surface area is 58.6 Å². The van der Waals surface area contributed by atoms with Crippen molar-refractivity contribution < 1.29 is 18.1 Å². The molecule has 0 radical (unpaired) electrons. The molecule has 0 aliphatic carbocycles. The largest absolute Gasteiger partial charge is 0.516 e. The van der Waals surface area contributed by atoms with Crippen LogP contribution in [0.15, 0.2) is 0 Å². The fraction of sp³-hybridized carbons (Fsp3) is 1.00. The Morgan fingerprint density at radius 3 is 1.89 bits per heavy atom. The molecule has 0 atom stereocenters. The highest BCUT2D eigenvalue weighted by molar-refractivity contribution is 6.63. The van der Waals surface area contributed by atoms with Crippen molar-refractivity contribution in [2.75, 3.05) is 20.4 Å². The molecule has 0 amide bonds. The van der Waals surface area contributed by atoms with Gasteiger partial charge in [0.1, 0.15) is 16.7 Å². The maximum Gasteiger partial charge on any atom is 0.516 e. The summed E-state index contributed by atoms with van der Waals surface area (Å²) in [7, 11) is 0.905. The molecule has 56 valence electrons. The van der Waals surface area contributed by atoms with Crippen LogP contribution in [0.2, 0.25) is 0 Å². The lowest BCUT2D eigenvalue weighted by molar-refractivity contribution is 0.131. The van der Waals surface area contributed by atoms with Crippen molar-refractivity contribution >= 4 is 19.3 Å². The van der Waals surface area contributed by atoms with Gasteiger partial charge in [0, 0.05) is 14.2 Å². The third kappa shape index (κ3) is 2.16. The lowest BCUT2D eigenvalue weighted by atomic mass is 11.7. The van der Waals surface area contributed by atoms with Gasteiger partial charge in [-0.25, -0.2) is 0 Å². The summed E-state index contributed by atoms with van der Waals surface area (Å²) in [4.78, 5) is 0. The zero-order chi connectivity index (χ0) is 7.33. The molecule has 0 aromatic rings. The van der Waals surface area contributed by atoms with Crippen molar-refractivity contribution in [2.45, 2.75) is 0 Å². The van der Waals surface area contributed by atoms with E-state index in [1.165, 1.54) is 14.2 Å². The summed E-state index contributed by atoms with van der Waals surface area (Å²) in [6.07, 6.45) is -0.149. The standard InChI is InChI=1S/C3H12O4Si2/c1-5-9(3-4,6-2)7-8/h4H,3H2,1-2,8H3. The van der Waals surface area contributed by atoms with Crippen molar-refractivity contribution in [1.82, 2.24) is 0 Å². The van der Waals surface area contributed by atoms with E-state index < -0.39 is 8.80 Å². The van der Waals surface area contributed by atoms with Gasteiger partial charge in [0.2, 0.25) is 0 Å². The molecule has 0 saturated carbocycles. The Morgan fingerprint density at radius 1 is 1.44 bits per heavy atom. The monoisotopic (exact) mass is 168 g/mol. The Hall–Kier alpha value is 0.274. The van der Waals surface area contributed by atoms with Crippen molar-refractivity contribution in [3.05, 3.63) is 0 Å². The average molecular weight is 168 g/mol. The molecule has 0 spiro atoms. The molecule has 0 rings (SSSR count). The predicted octanol–water partition coefficient (Wildman–Crippen LogP) is -1.95. The molecule has 0 saturated heterocycles. The first kappa shape index (κ1) is 9.27. The fourth-order valence-corrected chi connectivity index (χ4v) is 2.72. The van der Waals surface area contributed by atoms with E-state index in [2.05, 4.69) is 0 Å². The van der Waals surface area contributed by atoms with Gasteiger partial charge in [-0.05, 0) is 0 Å². The highest BCUT2D eigenvalue weighted by Gasteiger charge is 2.35. The first-order chi connectivity index (χ1) is 4.24. The Kier molecular flexibility index (Phi) is 4.27. The first-order valence-corrected chi connectivity index (χ1v) is 5.26. The zero-order valence-corrected chi connectivity index (χ0v) is 8.88. The first-order valence-electron chi connectivity index (χ1n) is 2.51. The van der Waals surface area contributed by atoms with E-state index in [0.29, 0.717) is 10.5 Å². The fourth-order valence-electron chi connectivity index (χ4n) is 0.444. The van der Waals surface area contributed by atoms with Crippen LogP contribution in [0.4, 0.5) is 0 Å². The van der Waals surface area contributed by atoms with Gasteiger partial charge >= 0.3 is 8.80 Å². The van der Waals surface area contributed by atoms with Crippen LogP contribution in [0.1, 0.15) is 0 Å². The lowest BCUT2D eigenvalue weighted by Gasteiger charge is -2.21. The highest BCUT2D eigenvalue weighted by atomic mass is 28.4. The van der Waals surface area contributed by atoms with Crippen LogP contribution >= 0.6 is 0 Å². The summed E-state index contributed by atoms with van der Waals surface area (Å²) >= 11 is 0. The Bertz CT molecular complexity index is 56.7. The summed E-state index contributed by atoms with van der Waals surface area (Å²) in [6, 6.07) is 0. The van der Waals surface area contributed by atoms with E-state index in [1.54, 1.807) is 0 Å².